The van der Waals surface area contributed by atoms with Crippen molar-refractivity contribution >= 4 is 38.5 Å². The molecule has 5 heterocycles. The fourth-order valence-electron chi connectivity index (χ4n) is 4.89. The van der Waals surface area contributed by atoms with Gasteiger partial charge < -0.3 is 15.0 Å². The Bertz CT molecular complexity index is 1270. The van der Waals surface area contributed by atoms with Gasteiger partial charge in [0.15, 0.2) is 10.6 Å². The van der Waals surface area contributed by atoms with Gasteiger partial charge in [0, 0.05) is 25.9 Å². The van der Waals surface area contributed by atoms with Crippen LogP contribution in [0.3, 0.4) is 0 Å². The second-order valence-corrected chi connectivity index (χ2v) is 9.87. The maximum absolute atomic E-state index is 5.61. The summed E-state index contributed by atoms with van der Waals surface area (Å²) in [6.45, 7) is 7.39. The number of piperidine rings is 1. The minimum atomic E-state index is 0.687. The van der Waals surface area contributed by atoms with Crippen LogP contribution in [-0.2, 0) is 17.6 Å². The molecule has 2 saturated heterocycles. The predicted molar refractivity (Wildman–Crippen MR) is 132 cm³/mol. The summed E-state index contributed by atoms with van der Waals surface area (Å²) in [5.41, 5.74) is 2.94. The van der Waals surface area contributed by atoms with Crippen molar-refractivity contribution in [2.24, 2.45) is 5.92 Å². The second-order valence-electron chi connectivity index (χ2n) is 8.81. The summed E-state index contributed by atoms with van der Waals surface area (Å²) in [7, 11) is 0. The van der Waals surface area contributed by atoms with E-state index in [0.717, 1.165) is 72.0 Å². The average molecular weight is 464 g/mol. The van der Waals surface area contributed by atoms with E-state index in [4.69, 9.17) is 24.7 Å². The highest BCUT2D eigenvalue weighted by Gasteiger charge is 2.24. The number of benzene rings is 1. The molecule has 0 saturated carbocycles. The molecule has 4 aromatic rings. The van der Waals surface area contributed by atoms with E-state index in [1.54, 1.807) is 11.3 Å². The molecule has 1 N–H and O–H groups in total. The van der Waals surface area contributed by atoms with Crippen LogP contribution in [0.15, 0.2) is 24.3 Å². The summed E-state index contributed by atoms with van der Waals surface area (Å²) in [6.07, 6.45) is 4.26. The Labute approximate surface area is 197 Å². The molecule has 8 nitrogen and oxygen atoms in total. The van der Waals surface area contributed by atoms with Crippen LogP contribution in [-0.4, -0.2) is 63.9 Å². The van der Waals surface area contributed by atoms with E-state index in [0.29, 0.717) is 25.1 Å². The molecule has 2 aliphatic heterocycles. The van der Waals surface area contributed by atoms with E-state index in [1.165, 1.54) is 17.8 Å². The number of fused-ring (bicyclic) bond motifs is 2. The van der Waals surface area contributed by atoms with Crippen molar-refractivity contribution in [2.45, 2.75) is 32.6 Å². The van der Waals surface area contributed by atoms with Crippen LogP contribution in [0.1, 0.15) is 30.6 Å². The molecule has 2 fully saturated rings. The Morgan fingerprint density at radius 1 is 1.06 bits per heavy atom. The quantitative estimate of drug-likeness (QED) is 0.486. The van der Waals surface area contributed by atoms with E-state index < -0.39 is 0 Å². The summed E-state index contributed by atoms with van der Waals surface area (Å²) in [5, 5.41) is 4.63. The minimum absolute atomic E-state index is 0.687. The smallest absolute Gasteiger partial charge is 0.239 e. The number of nitrogens with one attached hydrogen (secondary N) is 1. The maximum atomic E-state index is 5.61. The van der Waals surface area contributed by atoms with Gasteiger partial charge in [0.2, 0.25) is 5.95 Å². The zero-order valence-electron chi connectivity index (χ0n) is 19.0. The number of morpholine rings is 1. The molecule has 0 aliphatic carbocycles. The number of thiazole rings is 1. The van der Waals surface area contributed by atoms with Crippen molar-refractivity contribution in [2.75, 3.05) is 44.3 Å². The Kier molecular flexibility index (Phi) is 5.69. The number of anilines is 1. The fraction of sp³-hybridized carbons (Fsp3) is 0.500. The van der Waals surface area contributed by atoms with Gasteiger partial charge in [-0.2, -0.15) is 9.97 Å². The van der Waals surface area contributed by atoms with Gasteiger partial charge in [-0.1, -0.05) is 30.4 Å². The third-order valence-corrected chi connectivity index (χ3v) is 7.62. The zero-order chi connectivity index (χ0) is 22.2. The standard InChI is InChI=1S/C24H29N7OS/c1-2-19-26-17-5-3-4-6-18(17)31(19)24-28-22(30-11-13-32-14-12-30)21-23(29-24)33-20(27-21)15-16-7-9-25-10-8-16/h3-6,16,25H,2,7-15H2,1H3. The molecule has 172 valence electrons. The van der Waals surface area contributed by atoms with Crippen LogP contribution < -0.4 is 10.2 Å². The van der Waals surface area contributed by atoms with Gasteiger partial charge in [-0.3, -0.25) is 4.57 Å². The number of hydrogen-bond acceptors (Lipinski definition) is 8. The first-order valence-electron chi connectivity index (χ1n) is 12.0. The SMILES string of the molecule is CCc1nc2ccccc2n1-c1nc(N2CCOCC2)c2nc(CC3CCNCC3)sc2n1. The summed E-state index contributed by atoms with van der Waals surface area (Å²) < 4.78 is 7.73. The lowest BCUT2D eigenvalue weighted by Gasteiger charge is -2.28. The molecule has 0 spiro atoms. The monoisotopic (exact) mass is 463 g/mol. The van der Waals surface area contributed by atoms with E-state index in [1.807, 2.05) is 12.1 Å². The summed E-state index contributed by atoms with van der Waals surface area (Å²) in [4.78, 5) is 23.3. The number of imidazole rings is 1. The van der Waals surface area contributed by atoms with Crippen LogP contribution in [0.25, 0.3) is 27.3 Å². The molecule has 0 atom stereocenters. The summed E-state index contributed by atoms with van der Waals surface area (Å²) >= 11 is 1.73. The first kappa shape index (κ1) is 20.9. The Morgan fingerprint density at radius 2 is 1.88 bits per heavy atom. The van der Waals surface area contributed by atoms with E-state index in [9.17, 15) is 0 Å². The fourth-order valence-corrected chi connectivity index (χ4v) is 5.93. The van der Waals surface area contributed by atoms with Crippen LogP contribution in [0.5, 0.6) is 0 Å². The number of rotatable bonds is 5. The van der Waals surface area contributed by atoms with Crippen LogP contribution in [0.4, 0.5) is 5.82 Å². The molecule has 0 unspecified atom stereocenters. The number of para-hydroxylation sites is 2. The normalized spacial score (nSPS) is 17.9. The third-order valence-electron chi connectivity index (χ3n) is 6.65. The molecule has 0 radical (unpaired) electrons. The van der Waals surface area contributed by atoms with Gasteiger partial charge in [-0.15, -0.1) is 0 Å². The topological polar surface area (TPSA) is 81.0 Å². The lowest BCUT2D eigenvalue weighted by Crippen LogP contribution is -2.37. The Hall–Kier alpha value is -2.62. The van der Waals surface area contributed by atoms with Gasteiger partial charge >= 0.3 is 0 Å². The zero-order valence-corrected chi connectivity index (χ0v) is 19.8. The highest BCUT2D eigenvalue weighted by atomic mass is 32.1. The number of aromatic nitrogens is 5. The Morgan fingerprint density at radius 3 is 2.70 bits per heavy atom. The van der Waals surface area contributed by atoms with Crippen molar-refractivity contribution in [1.29, 1.82) is 0 Å². The van der Waals surface area contributed by atoms with Gasteiger partial charge in [0.05, 0.1) is 29.3 Å². The highest BCUT2D eigenvalue weighted by molar-refractivity contribution is 7.18. The minimum Gasteiger partial charge on any atom is -0.378 e. The van der Waals surface area contributed by atoms with Crippen molar-refractivity contribution in [3.63, 3.8) is 0 Å². The molecule has 3 aromatic heterocycles. The molecule has 0 amide bonds. The van der Waals surface area contributed by atoms with Crippen molar-refractivity contribution < 1.29 is 4.74 Å². The largest absolute Gasteiger partial charge is 0.378 e. The van der Waals surface area contributed by atoms with Crippen LogP contribution in [0.2, 0.25) is 0 Å². The molecular formula is C24H29N7OS. The summed E-state index contributed by atoms with van der Waals surface area (Å²) in [6, 6.07) is 8.22. The van der Waals surface area contributed by atoms with Crippen molar-refractivity contribution in [3.05, 3.63) is 35.1 Å². The molecule has 1 aromatic carbocycles. The number of ether oxygens (including phenoxy) is 1. The van der Waals surface area contributed by atoms with Gasteiger partial charge in [-0.25, -0.2) is 9.97 Å². The number of nitrogens with zero attached hydrogens (tertiary/aromatic N) is 6. The maximum Gasteiger partial charge on any atom is 0.239 e. The lowest BCUT2D eigenvalue weighted by molar-refractivity contribution is 0.122. The first-order chi connectivity index (χ1) is 16.3. The van der Waals surface area contributed by atoms with Gasteiger partial charge in [0.25, 0.3) is 0 Å². The first-order valence-corrected chi connectivity index (χ1v) is 12.8. The number of aryl methyl sites for hydroxylation is 1. The van der Waals surface area contributed by atoms with Gasteiger partial charge in [-0.05, 0) is 44.0 Å². The molecule has 33 heavy (non-hydrogen) atoms. The number of hydrogen-bond donors (Lipinski definition) is 1. The average Bonchev–Trinajstić information content (AvgIpc) is 3.45. The van der Waals surface area contributed by atoms with E-state index >= 15 is 0 Å². The third kappa shape index (κ3) is 3.98. The predicted octanol–water partition coefficient (Wildman–Crippen LogP) is 3.37. The highest BCUT2D eigenvalue weighted by Crippen LogP contribution is 2.32. The second kappa shape index (κ2) is 8.96. The lowest BCUT2D eigenvalue weighted by atomic mass is 9.95. The van der Waals surface area contributed by atoms with Crippen LogP contribution in [0, 0.1) is 5.92 Å². The molecule has 6 rings (SSSR count). The van der Waals surface area contributed by atoms with Crippen LogP contribution >= 0.6 is 11.3 Å². The Balaban J connectivity index is 1.49. The summed E-state index contributed by atoms with van der Waals surface area (Å²) in [5.74, 6) is 3.27. The van der Waals surface area contributed by atoms with Crippen molar-refractivity contribution in [1.82, 2.24) is 29.8 Å². The molecule has 0 bridgehead atoms. The molecule has 9 heteroatoms. The molecular weight excluding hydrogens is 434 g/mol. The van der Waals surface area contributed by atoms with E-state index in [-0.39, 0.29) is 0 Å². The van der Waals surface area contributed by atoms with Gasteiger partial charge in [0.1, 0.15) is 11.3 Å². The van der Waals surface area contributed by atoms with Crippen molar-refractivity contribution in [3.8, 4) is 5.95 Å². The van der Waals surface area contributed by atoms with E-state index in [2.05, 4.69) is 33.8 Å². The molecule has 2 aliphatic rings.